The van der Waals surface area contributed by atoms with Crippen LogP contribution in [0.25, 0.3) is 0 Å². The SMILES string of the molecule is N#Cc1ncc(N2C(=O)C3(CCC3)N(c3ccc(N4CCOCC4)cc3)C2=S)cc1C(F)(F)F. The third-order valence-corrected chi connectivity index (χ3v) is 6.98. The summed E-state index contributed by atoms with van der Waals surface area (Å²) in [6, 6.07) is 9.90. The third-order valence-electron chi connectivity index (χ3n) is 6.62. The van der Waals surface area contributed by atoms with E-state index in [1.54, 1.807) is 4.90 Å². The molecule has 7 nitrogen and oxygen atoms in total. The van der Waals surface area contributed by atoms with Crippen LogP contribution >= 0.6 is 12.2 Å². The van der Waals surface area contributed by atoms with E-state index in [1.165, 1.54) is 6.07 Å². The molecule has 3 aliphatic rings. The first-order valence-electron chi connectivity index (χ1n) is 10.9. The lowest BCUT2D eigenvalue weighted by molar-refractivity contribution is -0.138. The summed E-state index contributed by atoms with van der Waals surface area (Å²) in [5.41, 5.74) is -1.24. The van der Waals surface area contributed by atoms with Crippen LogP contribution in [0.3, 0.4) is 0 Å². The summed E-state index contributed by atoms with van der Waals surface area (Å²) in [7, 11) is 0. The standard InChI is InChI=1S/C23H20F3N5O2S/c24-23(25,26)18-12-17(14-28-19(18)13-27)30-20(32)22(6-1-7-22)31(21(30)34)16-4-2-15(3-5-16)29-8-10-33-11-9-29/h2-5,12,14H,1,6-11H2. The van der Waals surface area contributed by atoms with Gasteiger partial charge in [0.2, 0.25) is 0 Å². The molecule has 2 saturated heterocycles. The lowest BCUT2D eigenvalue weighted by Crippen LogP contribution is -2.55. The Labute approximate surface area is 199 Å². The number of halogens is 3. The second kappa shape index (κ2) is 8.21. The van der Waals surface area contributed by atoms with E-state index in [0.29, 0.717) is 31.7 Å². The van der Waals surface area contributed by atoms with Crippen molar-refractivity contribution in [1.82, 2.24) is 4.98 Å². The van der Waals surface area contributed by atoms with Gasteiger partial charge in [-0.25, -0.2) is 4.98 Å². The lowest BCUT2D eigenvalue weighted by Gasteiger charge is -2.43. The van der Waals surface area contributed by atoms with Gasteiger partial charge in [-0.3, -0.25) is 9.69 Å². The number of carbonyl (C=O) groups is 1. The monoisotopic (exact) mass is 487 g/mol. The van der Waals surface area contributed by atoms with Gasteiger partial charge in [0, 0.05) is 24.5 Å². The van der Waals surface area contributed by atoms with Gasteiger partial charge < -0.3 is 14.5 Å². The second-order valence-electron chi connectivity index (χ2n) is 8.46. The number of hydrogen-bond donors (Lipinski definition) is 0. The molecule has 1 aromatic heterocycles. The number of aromatic nitrogens is 1. The van der Waals surface area contributed by atoms with Crippen molar-refractivity contribution < 1.29 is 22.7 Å². The fourth-order valence-corrected chi connectivity index (χ4v) is 5.19. The molecule has 3 fully saturated rings. The van der Waals surface area contributed by atoms with Crippen LogP contribution in [0.2, 0.25) is 0 Å². The lowest BCUT2D eigenvalue weighted by atomic mass is 9.75. The molecule has 11 heteroatoms. The van der Waals surface area contributed by atoms with Crippen molar-refractivity contribution in [3.63, 3.8) is 0 Å². The van der Waals surface area contributed by atoms with Crippen molar-refractivity contribution in [2.24, 2.45) is 0 Å². The number of rotatable bonds is 3. The highest BCUT2D eigenvalue weighted by atomic mass is 32.1. The zero-order valence-electron chi connectivity index (χ0n) is 18.0. The van der Waals surface area contributed by atoms with Crippen LogP contribution in [0.4, 0.5) is 30.2 Å². The van der Waals surface area contributed by atoms with Crippen LogP contribution < -0.4 is 14.7 Å². The van der Waals surface area contributed by atoms with Crippen molar-refractivity contribution in [3.8, 4) is 6.07 Å². The number of nitrogens with zero attached hydrogens (tertiary/aromatic N) is 5. The molecule has 0 unspecified atom stereocenters. The Morgan fingerprint density at radius 3 is 2.29 bits per heavy atom. The van der Waals surface area contributed by atoms with E-state index in [4.69, 9.17) is 22.2 Å². The summed E-state index contributed by atoms with van der Waals surface area (Å²) in [6.45, 7) is 2.88. The molecule has 0 bridgehead atoms. The van der Waals surface area contributed by atoms with Crippen molar-refractivity contribution >= 4 is 40.3 Å². The van der Waals surface area contributed by atoms with Gasteiger partial charge in [-0.15, -0.1) is 0 Å². The Morgan fingerprint density at radius 2 is 1.74 bits per heavy atom. The number of amides is 1. The highest BCUT2D eigenvalue weighted by Crippen LogP contribution is 2.48. The van der Waals surface area contributed by atoms with Crippen molar-refractivity contribution in [3.05, 3.63) is 47.8 Å². The molecule has 1 amide bonds. The molecule has 0 N–H and O–H groups in total. The zero-order chi connectivity index (χ0) is 24.1. The maximum Gasteiger partial charge on any atom is 0.419 e. The number of alkyl halides is 3. The number of benzene rings is 1. The number of ether oxygens (including phenoxy) is 1. The van der Waals surface area contributed by atoms with Crippen LogP contribution in [-0.2, 0) is 15.7 Å². The summed E-state index contributed by atoms with van der Waals surface area (Å²) < 4.78 is 45.9. The number of pyridine rings is 1. The van der Waals surface area contributed by atoms with Crippen molar-refractivity contribution in [2.45, 2.75) is 31.0 Å². The number of hydrogen-bond acceptors (Lipinski definition) is 6. The molecule has 1 aromatic carbocycles. The minimum atomic E-state index is -4.79. The predicted molar refractivity (Wildman–Crippen MR) is 123 cm³/mol. The molecule has 1 spiro atoms. The minimum Gasteiger partial charge on any atom is -0.378 e. The van der Waals surface area contributed by atoms with Crippen LogP contribution in [-0.4, -0.2) is 47.8 Å². The molecular formula is C23H20F3N5O2S. The first kappa shape index (κ1) is 22.6. The number of thiocarbonyl (C=S) groups is 1. The first-order valence-corrected chi connectivity index (χ1v) is 11.3. The van der Waals surface area contributed by atoms with Gasteiger partial charge in [-0.1, -0.05) is 0 Å². The van der Waals surface area contributed by atoms with Crippen molar-refractivity contribution in [1.29, 1.82) is 5.26 Å². The van der Waals surface area contributed by atoms with Gasteiger partial charge in [-0.05, 0) is 61.8 Å². The van der Waals surface area contributed by atoms with Crippen LogP contribution in [0.15, 0.2) is 36.5 Å². The summed E-state index contributed by atoms with van der Waals surface area (Å²) in [5, 5.41) is 9.14. The van der Waals surface area contributed by atoms with Gasteiger partial charge in [0.05, 0.1) is 30.7 Å². The highest BCUT2D eigenvalue weighted by molar-refractivity contribution is 7.81. The molecule has 34 heavy (non-hydrogen) atoms. The Kier molecular flexibility index (Phi) is 5.45. The quantitative estimate of drug-likeness (QED) is 0.609. The third kappa shape index (κ3) is 3.49. The fourth-order valence-electron chi connectivity index (χ4n) is 4.72. The van der Waals surface area contributed by atoms with E-state index >= 15 is 0 Å². The molecule has 3 heterocycles. The minimum absolute atomic E-state index is 0.0972. The Bertz CT molecular complexity index is 1180. The summed E-state index contributed by atoms with van der Waals surface area (Å²) in [5.74, 6) is -0.374. The summed E-state index contributed by atoms with van der Waals surface area (Å²) >= 11 is 5.64. The predicted octanol–water partition coefficient (Wildman–Crippen LogP) is 3.87. The highest BCUT2D eigenvalue weighted by Gasteiger charge is 2.59. The molecule has 1 saturated carbocycles. The van der Waals surface area contributed by atoms with E-state index in [0.717, 1.165) is 42.4 Å². The molecule has 176 valence electrons. The topological polar surface area (TPSA) is 72.7 Å². The van der Waals surface area contributed by atoms with E-state index in [2.05, 4.69) is 9.88 Å². The van der Waals surface area contributed by atoms with Gasteiger partial charge in [0.25, 0.3) is 5.91 Å². The van der Waals surface area contributed by atoms with E-state index in [9.17, 15) is 18.0 Å². The average Bonchev–Trinajstić information content (AvgIpc) is 3.05. The van der Waals surface area contributed by atoms with Crippen LogP contribution in [0.5, 0.6) is 0 Å². The van der Waals surface area contributed by atoms with Gasteiger partial charge in [0.15, 0.2) is 10.8 Å². The molecule has 0 radical (unpaired) electrons. The maximum atomic E-state index is 13.5. The van der Waals surface area contributed by atoms with E-state index < -0.39 is 23.0 Å². The molecular weight excluding hydrogens is 467 g/mol. The van der Waals surface area contributed by atoms with Crippen LogP contribution in [0.1, 0.15) is 30.5 Å². The molecule has 2 aromatic rings. The van der Waals surface area contributed by atoms with Crippen LogP contribution in [0, 0.1) is 11.3 Å². The van der Waals surface area contributed by atoms with Gasteiger partial charge in [-0.2, -0.15) is 18.4 Å². The summed E-state index contributed by atoms with van der Waals surface area (Å²) in [6.07, 6.45) is -1.80. The second-order valence-corrected chi connectivity index (χ2v) is 8.82. The molecule has 2 aliphatic heterocycles. The largest absolute Gasteiger partial charge is 0.419 e. The number of morpholine rings is 1. The Balaban J connectivity index is 1.51. The molecule has 5 rings (SSSR count). The van der Waals surface area contributed by atoms with E-state index in [1.807, 2.05) is 24.3 Å². The Hall–Kier alpha value is -3.23. The zero-order valence-corrected chi connectivity index (χ0v) is 18.8. The normalized spacial score (nSPS) is 20.0. The number of anilines is 3. The number of nitriles is 1. The van der Waals surface area contributed by atoms with E-state index in [-0.39, 0.29) is 16.7 Å². The smallest absolute Gasteiger partial charge is 0.378 e. The van der Waals surface area contributed by atoms with Crippen molar-refractivity contribution in [2.75, 3.05) is 41.0 Å². The fraction of sp³-hybridized carbons (Fsp3) is 0.391. The molecule has 1 aliphatic carbocycles. The number of carbonyl (C=O) groups excluding carboxylic acids is 1. The first-order chi connectivity index (χ1) is 16.3. The summed E-state index contributed by atoms with van der Waals surface area (Å²) in [4.78, 5) is 22.3. The Morgan fingerprint density at radius 1 is 1.09 bits per heavy atom. The molecule has 0 atom stereocenters. The van der Waals surface area contributed by atoms with Gasteiger partial charge >= 0.3 is 6.18 Å². The maximum absolute atomic E-state index is 13.5. The average molecular weight is 488 g/mol. The van der Waals surface area contributed by atoms with Gasteiger partial charge in [0.1, 0.15) is 11.6 Å².